The molecule has 0 radical (unpaired) electrons. The van der Waals surface area contributed by atoms with Gasteiger partial charge in [0.1, 0.15) is 0 Å². The third-order valence-electron chi connectivity index (χ3n) is 2.10. The molecule has 0 aliphatic heterocycles. The Balaban J connectivity index is 2.18. The van der Waals surface area contributed by atoms with Crippen molar-refractivity contribution >= 4 is 17.3 Å². The number of aromatic nitrogens is 3. The van der Waals surface area contributed by atoms with E-state index in [9.17, 15) is 0 Å². The minimum atomic E-state index is 0.606. The zero-order valence-corrected chi connectivity index (χ0v) is 9.07. The molecule has 15 heavy (non-hydrogen) atoms. The zero-order valence-electron chi connectivity index (χ0n) is 8.31. The van der Waals surface area contributed by atoms with Crippen molar-refractivity contribution in [2.75, 3.05) is 5.73 Å². The van der Waals surface area contributed by atoms with Crippen LogP contribution in [0.3, 0.4) is 0 Å². The molecule has 2 heterocycles. The molecule has 0 bridgehead atoms. The van der Waals surface area contributed by atoms with Crippen molar-refractivity contribution in [3.8, 4) is 0 Å². The SMILES string of the molecule is Cc1nn(Cc2ccc(Cl)cn2)cc1N. The Kier molecular flexibility index (Phi) is 2.60. The molecule has 0 saturated heterocycles. The quantitative estimate of drug-likeness (QED) is 0.844. The average Bonchev–Trinajstić information content (AvgIpc) is 2.50. The van der Waals surface area contributed by atoms with Crippen molar-refractivity contribution in [1.82, 2.24) is 14.8 Å². The Hall–Kier alpha value is -1.55. The van der Waals surface area contributed by atoms with Gasteiger partial charge in [-0.3, -0.25) is 9.67 Å². The van der Waals surface area contributed by atoms with Gasteiger partial charge in [-0.05, 0) is 19.1 Å². The number of anilines is 1. The molecule has 78 valence electrons. The summed E-state index contributed by atoms with van der Waals surface area (Å²) in [5.41, 5.74) is 8.13. The maximum absolute atomic E-state index is 5.74. The first-order valence-corrected chi connectivity index (χ1v) is 4.93. The molecule has 0 aliphatic carbocycles. The number of pyridine rings is 1. The molecule has 0 atom stereocenters. The predicted octanol–water partition coefficient (Wildman–Crippen LogP) is 1.87. The lowest BCUT2D eigenvalue weighted by atomic mass is 10.3. The summed E-state index contributed by atoms with van der Waals surface area (Å²) in [7, 11) is 0. The Morgan fingerprint density at radius 1 is 1.47 bits per heavy atom. The molecular weight excluding hydrogens is 212 g/mol. The molecule has 2 rings (SSSR count). The van der Waals surface area contributed by atoms with Crippen molar-refractivity contribution in [2.24, 2.45) is 0 Å². The molecule has 4 nitrogen and oxygen atoms in total. The maximum atomic E-state index is 5.74. The molecule has 2 N–H and O–H groups in total. The van der Waals surface area contributed by atoms with Crippen LogP contribution in [0.5, 0.6) is 0 Å². The van der Waals surface area contributed by atoms with Gasteiger partial charge in [0, 0.05) is 12.4 Å². The molecule has 0 spiro atoms. The first-order chi connectivity index (χ1) is 7.15. The van der Waals surface area contributed by atoms with Crippen LogP contribution in [0.15, 0.2) is 24.5 Å². The van der Waals surface area contributed by atoms with Crippen LogP contribution in [-0.2, 0) is 6.54 Å². The fourth-order valence-electron chi connectivity index (χ4n) is 1.28. The Morgan fingerprint density at radius 3 is 2.80 bits per heavy atom. The minimum Gasteiger partial charge on any atom is -0.396 e. The molecule has 0 aromatic carbocycles. The van der Waals surface area contributed by atoms with Gasteiger partial charge < -0.3 is 5.73 Å². The summed E-state index contributed by atoms with van der Waals surface area (Å²) in [6, 6.07) is 3.68. The summed E-state index contributed by atoms with van der Waals surface area (Å²) in [4.78, 5) is 4.18. The second kappa shape index (κ2) is 3.90. The van der Waals surface area contributed by atoms with Gasteiger partial charge in [-0.15, -0.1) is 0 Å². The van der Waals surface area contributed by atoms with E-state index in [2.05, 4.69) is 10.1 Å². The highest BCUT2D eigenvalue weighted by molar-refractivity contribution is 6.30. The molecular formula is C10H11ClN4. The van der Waals surface area contributed by atoms with Crippen LogP contribution < -0.4 is 5.73 Å². The molecule has 0 aliphatic rings. The Morgan fingerprint density at radius 2 is 2.27 bits per heavy atom. The summed E-state index contributed by atoms with van der Waals surface area (Å²) in [5, 5.41) is 4.88. The second-order valence-electron chi connectivity index (χ2n) is 3.34. The minimum absolute atomic E-state index is 0.606. The molecule has 0 fully saturated rings. The molecule has 0 saturated carbocycles. The molecule has 0 unspecified atom stereocenters. The largest absolute Gasteiger partial charge is 0.396 e. The van der Waals surface area contributed by atoms with Gasteiger partial charge in [0.25, 0.3) is 0 Å². The Labute approximate surface area is 92.7 Å². The van der Waals surface area contributed by atoms with Crippen molar-refractivity contribution in [3.63, 3.8) is 0 Å². The lowest BCUT2D eigenvalue weighted by Crippen LogP contribution is -2.02. The summed E-state index contributed by atoms with van der Waals surface area (Å²) >= 11 is 5.74. The first-order valence-electron chi connectivity index (χ1n) is 4.55. The fourth-order valence-corrected chi connectivity index (χ4v) is 1.39. The van der Waals surface area contributed by atoms with E-state index in [1.54, 1.807) is 17.1 Å². The van der Waals surface area contributed by atoms with Crippen LogP contribution in [0.1, 0.15) is 11.4 Å². The normalized spacial score (nSPS) is 10.5. The van der Waals surface area contributed by atoms with Crippen LogP contribution in [0.4, 0.5) is 5.69 Å². The summed E-state index contributed by atoms with van der Waals surface area (Å²) in [6.45, 7) is 2.48. The summed E-state index contributed by atoms with van der Waals surface area (Å²) < 4.78 is 1.76. The standard InChI is InChI=1S/C10H11ClN4/c1-7-10(12)6-15(14-7)5-9-3-2-8(11)4-13-9/h2-4,6H,5,12H2,1H3. The van der Waals surface area contributed by atoms with Gasteiger partial charge in [-0.25, -0.2) is 0 Å². The van der Waals surface area contributed by atoms with E-state index in [0.29, 0.717) is 17.3 Å². The van der Waals surface area contributed by atoms with Crippen LogP contribution in [0, 0.1) is 6.92 Å². The van der Waals surface area contributed by atoms with E-state index in [-0.39, 0.29) is 0 Å². The predicted molar refractivity (Wildman–Crippen MR) is 59.7 cm³/mol. The third-order valence-corrected chi connectivity index (χ3v) is 2.32. The van der Waals surface area contributed by atoms with Gasteiger partial charge >= 0.3 is 0 Å². The fraction of sp³-hybridized carbons (Fsp3) is 0.200. The number of nitrogens with zero attached hydrogens (tertiary/aromatic N) is 3. The van der Waals surface area contributed by atoms with Crippen LogP contribution in [0.2, 0.25) is 5.02 Å². The van der Waals surface area contributed by atoms with Gasteiger partial charge in [-0.2, -0.15) is 5.10 Å². The number of rotatable bonds is 2. The number of halogens is 1. The van der Waals surface area contributed by atoms with E-state index in [1.807, 2.05) is 19.1 Å². The van der Waals surface area contributed by atoms with Crippen LogP contribution in [-0.4, -0.2) is 14.8 Å². The van der Waals surface area contributed by atoms with Crippen molar-refractivity contribution in [3.05, 3.63) is 40.9 Å². The van der Waals surface area contributed by atoms with Crippen molar-refractivity contribution in [2.45, 2.75) is 13.5 Å². The number of hydrogen-bond acceptors (Lipinski definition) is 3. The lowest BCUT2D eigenvalue weighted by molar-refractivity contribution is 0.666. The average molecular weight is 223 g/mol. The third kappa shape index (κ3) is 2.27. The monoisotopic (exact) mass is 222 g/mol. The number of aryl methyl sites for hydroxylation is 1. The van der Waals surface area contributed by atoms with Crippen molar-refractivity contribution < 1.29 is 0 Å². The van der Waals surface area contributed by atoms with E-state index in [1.165, 1.54) is 0 Å². The first kappa shape index (κ1) is 9.98. The summed E-state index contributed by atoms with van der Waals surface area (Å²) in [6.07, 6.45) is 3.42. The van der Waals surface area contributed by atoms with Gasteiger partial charge in [0.05, 0.1) is 28.6 Å². The molecule has 2 aromatic heterocycles. The van der Waals surface area contributed by atoms with Crippen LogP contribution in [0.25, 0.3) is 0 Å². The van der Waals surface area contributed by atoms with Crippen LogP contribution >= 0.6 is 11.6 Å². The lowest BCUT2D eigenvalue weighted by Gasteiger charge is -2.00. The number of nitrogen functional groups attached to an aromatic ring is 1. The van der Waals surface area contributed by atoms with Crippen molar-refractivity contribution in [1.29, 1.82) is 0 Å². The van der Waals surface area contributed by atoms with Gasteiger partial charge in [0.15, 0.2) is 0 Å². The smallest absolute Gasteiger partial charge is 0.0832 e. The highest BCUT2D eigenvalue weighted by atomic mass is 35.5. The molecule has 5 heteroatoms. The van der Waals surface area contributed by atoms with E-state index in [0.717, 1.165) is 11.4 Å². The number of nitrogens with two attached hydrogens (primary N) is 1. The van der Waals surface area contributed by atoms with Gasteiger partial charge in [-0.1, -0.05) is 11.6 Å². The van der Waals surface area contributed by atoms with E-state index < -0.39 is 0 Å². The van der Waals surface area contributed by atoms with Gasteiger partial charge in [0.2, 0.25) is 0 Å². The van der Waals surface area contributed by atoms with E-state index >= 15 is 0 Å². The maximum Gasteiger partial charge on any atom is 0.0832 e. The second-order valence-corrected chi connectivity index (χ2v) is 3.77. The summed E-state index contributed by atoms with van der Waals surface area (Å²) in [5.74, 6) is 0. The highest BCUT2D eigenvalue weighted by Crippen LogP contribution is 2.10. The van der Waals surface area contributed by atoms with E-state index in [4.69, 9.17) is 17.3 Å². The molecule has 2 aromatic rings. The number of hydrogen-bond donors (Lipinski definition) is 1. The molecule has 0 amide bonds. The highest BCUT2D eigenvalue weighted by Gasteiger charge is 2.02. The Bertz CT molecular complexity index is 441. The zero-order chi connectivity index (χ0) is 10.8. The topological polar surface area (TPSA) is 56.7 Å².